The lowest BCUT2D eigenvalue weighted by molar-refractivity contribution is 0.0498. The Morgan fingerprint density at radius 3 is 2.38 bits per heavy atom. The van der Waals surface area contributed by atoms with Crippen molar-refractivity contribution in [3.8, 4) is 0 Å². The van der Waals surface area contributed by atoms with E-state index < -0.39 is 5.97 Å². The number of esters is 1. The van der Waals surface area contributed by atoms with Crippen LogP contribution in [0.1, 0.15) is 68.6 Å². The minimum absolute atomic E-state index is 0.276. The highest BCUT2D eigenvalue weighted by atomic mass is 35.5. The standard InChI is InChI=1S/C17H26ClNO2/c1-2-3-4-5-6-7-8-9-13-21-17(20)14-11-10-12-15(19)16(14)18/h10-12H,2-9,13,19H2,1H3. The first-order valence-corrected chi connectivity index (χ1v) is 8.25. The van der Waals surface area contributed by atoms with Crippen LogP contribution in [0.4, 0.5) is 5.69 Å². The number of rotatable bonds is 10. The average molecular weight is 312 g/mol. The van der Waals surface area contributed by atoms with Gasteiger partial charge in [-0.1, -0.05) is 69.5 Å². The number of hydrogen-bond donors (Lipinski definition) is 1. The molecule has 0 spiro atoms. The van der Waals surface area contributed by atoms with Gasteiger partial charge in [-0.3, -0.25) is 0 Å². The van der Waals surface area contributed by atoms with E-state index in [1.807, 2.05) is 0 Å². The summed E-state index contributed by atoms with van der Waals surface area (Å²) in [6, 6.07) is 5.00. The molecule has 0 unspecified atom stereocenters. The lowest BCUT2D eigenvalue weighted by atomic mass is 10.1. The maximum absolute atomic E-state index is 11.9. The second kappa shape index (κ2) is 10.5. The largest absolute Gasteiger partial charge is 0.462 e. The van der Waals surface area contributed by atoms with Gasteiger partial charge in [-0.2, -0.15) is 0 Å². The second-order valence-electron chi connectivity index (χ2n) is 5.32. The lowest BCUT2D eigenvalue weighted by Gasteiger charge is -2.07. The first kappa shape index (κ1) is 17.8. The molecule has 4 heteroatoms. The first-order chi connectivity index (χ1) is 10.2. The fourth-order valence-corrected chi connectivity index (χ4v) is 2.39. The summed E-state index contributed by atoms with van der Waals surface area (Å²) < 4.78 is 5.23. The zero-order valence-corrected chi connectivity index (χ0v) is 13.6. The molecule has 118 valence electrons. The summed E-state index contributed by atoms with van der Waals surface area (Å²) in [4.78, 5) is 11.9. The van der Waals surface area contributed by atoms with Crippen molar-refractivity contribution >= 4 is 23.3 Å². The molecule has 0 heterocycles. The van der Waals surface area contributed by atoms with Crippen LogP contribution in [0, 0.1) is 0 Å². The molecule has 0 aliphatic rings. The summed E-state index contributed by atoms with van der Waals surface area (Å²) >= 11 is 5.99. The molecule has 0 bridgehead atoms. The van der Waals surface area contributed by atoms with Crippen LogP contribution in [-0.4, -0.2) is 12.6 Å². The van der Waals surface area contributed by atoms with E-state index >= 15 is 0 Å². The first-order valence-electron chi connectivity index (χ1n) is 7.88. The number of unbranched alkanes of at least 4 members (excludes halogenated alkanes) is 7. The Hall–Kier alpha value is -1.22. The van der Waals surface area contributed by atoms with Crippen molar-refractivity contribution in [2.24, 2.45) is 0 Å². The number of ether oxygens (including phenoxy) is 1. The van der Waals surface area contributed by atoms with E-state index in [9.17, 15) is 4.79 Å². The van der Waals surface area contributed by atoms with E-state index in [2.05, 4.69) is 6.92 Å². The molecule has 0 aliphatic heterocycles. The quantitative estimate of drug-likeness (QED) is 0.366. The molecule has 1 rings (SSSR count). The van der Waals surface area contributed by atoms with Gasteiger partial charge >= 0.3 is 5.97 Å². The topological polar surface area (TPSA) is 52.3 Å². The third-order valence-corrected chi connectivity index (χ3v) is 3.90. The zero-order valence-electron chi connectivity index (χ0n) is 12.9. The minimum atomic E-state index is -0.393. The van der Waals surface area contributed by atoms with Crippen LogP contribution < -0.4 is 5.73 Å². The Balaban J connectivity index is 2.13. The van der Waals surface area contributed by atoms with Gasteiger partial charge in [0.15, 0.2) is 0 Å². The number of benzene rings is 1. The smallest absolute Gasteiger partial charge is 0.339 e. The molecule has 2 N–H and O–H groups in total. The molecule has 0 saturated heterocycles. The van der Waals surface area contributed by atoms with Crippen molar-refractivity contribution in [1.29, 1.82) is 0 Å². The van der Waals surface area contributed by atoms with Crippen LogP contribution in [0.5, 0.6) is 0 Å². The van der Waals surface area contributed by atoms with Crippen molar-refractivity contribution in [2.45, 2.75) is 58.3 Å². The van der Waals surface area contributed by atoms with E-state index in [0.717, 1.165) is 12.8 Å². The van der Waals surface area contributed by atoms with Crippen molar-refractivity contribution < 1.29 is 9.53 Å². The van der Waals surface area contributed by atoms with Gasteiger partial charge in [0.05, 0.1) is 22.9 Å². The normalized spacial score (nSPS) is 10.6. The number of carbonyl (C=O) groups excluding carboxylic acids is 1. The van der Waals surface area contributed by atoms with E-state index in [1.165, 1.54) is 38.5 Å². The third kappa shape index (κ3) is 6.85. The van der Waals surface area contributed by atoms with Crippen molar-refractivity contribution in [3.63, 3.8) is 0 Å². The Morgan fingerprint density at radius 2 is 1.71 bits per heavy atom. The van der Waals surface area contributed by atoms with Crippen molar-refractivity contribution in [2.75, 3.05) is 12.3 Å². The Kier molecular flexibility index (Phi) is 8.91. The Labute approximate surface area is 132 Å². The van der Waals surface area contributed by atoms with Crippen molar-refractivity contribution in [1.82, 2.24) is 0 Å². The minimum Gasteiger partial charge on any atom is -0.462 e. The highest BCUT2D eigenvalue weighted by Gasteiger charge is 2.13. The van der Waals surface area contributed by atoms with Gasteiger partial charge in [0, 0.05) is 0 Å². The van der Waals surface area contributed by atoms with Gasteiger partial charge in [-0.05, 0) is 18.6 Å². The molecule has 0 atom stereocenters. The van der Waals surface area contributed by atoms with E-state index in [1.54, 1.807) is 18.2 Å². The molecule has 1 aromatic rings. The predicted molar refractivity (Wildman–Crippen MR) is 88.8 cm³/mol. The summed E-state index contributed by atoms with van der Waals surface area (Å²) in [7, 11) is 0. The molecule has 0 amide bonds. The molecule has 0 aliphatic carbocycles. The van der Waals surface area contributed by atoms with Gasteiger partial charge in [0.25, 0.3) is 0 Å². The SMILES string of the molecule is CCCCCCCCCCOC(=O)c1cccc(N)c1Cl. The monoisotopic (exact) mass is 311 g/mol. The van der Waals surface area contributed by atoms with Crippen LogP contribution in [0.2, 0.25) is 5.02 Å². The van der Waals surface area contributed by atoms with E-state index in [-0.39, 0.29) is 5.02 Å². The third-order valence-electron chi connectivity index (χ3n) is 3.48. The highest BCUT2D eigenvalue weighted by molar-refractivity contribution is 6.36. The predicted octanol–water partition coefficient (Wildman–Crippen LogP) is 5.22. The molecule has 3 nitrogen and oxygen atoms in total. The van der Waals surface area contributed by atoms with Crippen LogP contribution in [0.25, 0.3) is 0 Å². The maximum Gasteiger partial charge on any atom is 0.339 e. The summed E-state index contributed by atoms with van der Waals surface area (Å²) in [5.41, 5.74) is 6.41. The number of nitrogen functional groups attached to an aromatic ring is 1. The molecule has 1 aromatic carbocycles. The number of anilines is 1. The fraction of sp³-hybridized carbons (Fsp3) is 0.588. The summed E-state index contributed by atoms with van der Waals surface area (Å²) in [5, 5.41) is 0.276. The Bertz CT molecular complexity index is 435. The van der Waals surface area contributed by atoms with Gasteiger partial charge in [-0.25, -0.2) is 4.79 Å². The van der Waals surface area contributed by atoms with Crippen molar-refractivity contribution in [3.05, 3.63) is 28.8 Å². The van der Waals surface area contributed by atoms with Crippen LogP contribution in [0.3, 0.4) is 0 Å². The zero-order chi connectivity index (χ0) is 15.5. The van der Waals surface area contributed by atoms with Gasteiger partial charge in [0.2, 0.25) is 0 Å². The molecule has 0 radical (unpaired) electrons. The number of hydrogen-bond acceptors (Lipinski definition) is 3. The van der Waals surface area contributed by atoms with Gasteiger partial charge in [0.1, 0.15) is 0 Å². The molecule has 0 fully saturated rings. The molecular formula is C17H26ClNO2. The highest BCUT2D eigenvalue weighted by Crippen LogP contribution is 2.23. The Morgan fingerprint density at radius 1 is 1.10 bits per heavy atom. The number of halogens is 1. The lowest BCUT2D eigenvalue weighted by Crippen LogP contribution is -2.08. The molecular weight excluding hydrogens is 286 g/mol. The van der Waals surface area contributed by atoms with E-state index in [0.29, 0.717) is 17.9 Å². The van der Waals surface area contributed by atoms with Crippen LogP contribution >= 0.6 is 11.6 Å². The van der Waals surface area contributed by atoms with E-state index in [4.69, 9.17) is 22.1 Å². The summed E-state index contributed by atoms with van der Waals surface area (Å²) in [6.07, 6.45) is 9.74. The van der Waals surface area contributed by atoms with Gasteiger partial charge in [-0.15, -0.1) is 0 Å². The fourth-order valence-electron chi connectivity index (χ4n) is 2.19. The summed E-state index contributed by atoms with van der Waals surface area (Å²) in [5.74, 6) is -0.393. The average Bonchev–Trinajstić information content (AvgIpc) is 2.48. The number of nitrogens with two attached hydrogens (primary N) is 1. The second-order valence-corrected chi connectivity index (χ2v) is 5.70. The summed E-state index contributed by atoms with van der Waals surface area (Å²) in [6.45, 7) is 2.67. The molecule has 21 heavy (non-hydrogen) atoms. The van der Waals surface area contributed by atoms with Crippen LogP contribution in [-0.2, 0) is 4.74 Å². The van der Waals surface area contributed by atoms with Gasteiger partial charge < -0.3 is 10.5 Å². The van der Waals surface area contributed by atoms with Crippen LogP contribution in [0.15, 0.2) is 18.2 Å². The molecule has 0 aromatic heterocycles. The number of carbonyl (C=O) groups is 1. The maximum atomic E-state index is 11.9. The molecule has 0 saturated carbocycles.